The molecule has 1 saturated carbocycles. The van der Waals surface area contributed by atoms with Gasteiger partial charge in [0.2, 0.25) is 11.8 Å². The Hall–Kier alpha value is -2.59. The van der Waals surface area contributed by atoms with Gasteiger partial charge in [0, 0.05) is 31.0 Å². The van der Waals surface area contributed by atoms with Crippen molar-refractivity contribution in [3.05, 3.63) is 24.3 Å². The zero-order valence-electron chi connectivity index (χ0n) is 17.2. The molecule has 1 aromatic rings. The number of carbonyl (C=O) groups is 2. The summed E-state index contributed by atoms with van der Waals surface area (Å²) in [5.41, 5.74) is 0.835. The van der Waals surface area contributed by atoms with E-state index in [4.69, 9.17) is 4.74 Å². The number of anilines is 2. The van der Waals surface area contributed by atoms with E-state index in [1.807, 2.05) is 31.2 Å². The Balaban J connectivity index is 1.58. The molecule has 1 saturated heterocycles. The summed E-state index contributed by atoms with van der Waals surface area (Å²) in [5, 5.41) is 12.5. The van der Waals surface area contributed by atoms with Gasteiger partial charge in [-0.1, -0.05) is 19.3 Å². The number of nitrogens with zero attached hydrogens (tertiary/aromatic N) is 3. The Morgan fingerprint density at radius 1 is 1.17 bits per heavy atom. The lowest BCUT2D eigenvalue weighted by atomic mass is 9.74. The van der Waals surface area contributed by atoms with Crippen LogP contribution in [0.2, 0.25) is 0 Å². The molecule has 2 aliphatic rings. The summed E-state index contributed by atoms with van der Waals surface area (Å²) < 4.78 is 5.37. The highest BCUT2D eigenvalue weighted by Gasteiger charge is 2.42. The molecule has 1 aromatic carbocycles. The Morgan fingerprint density at radius 3 is 2.41 bits per heavy atom. The van der Waals surface area contributed by atoms with Crippen LogP contribution in [-0.2, 0) is 14.3 Å². The second kappa shape index (κ2) is 9.75. The van der Waals surface area contributed by atoms with Crippen molar-refractivity contribution in [3.8, 4) is 6.07 Å². The second-order valence-corrected chi connectivity index (χ2v) is 7.77. The molecule has 2 amide bonds. The molecular weight excluding hydrogens is 368 g/mol. The highest BCUT2D eigenvalue weighted by molar-refractivity contribution is 5.96. The molecule has 0 aromatic heterocycles. The van der Waals surface area contributed by atoms with Crippen LogP contribution in [0.5, 0.6) is 0 Å². The van der Waals surface area contributed by atoms with E-state index in [0.29, 0.717) is 25.1 Å². The van der Waals surface area contributed by atoms with Gasteiger partial charge in [-0.25, -0.2) is 0 Å². The van der Waals surface area contributed by atoms with E-state index in [2.05, 4.69) is 16.3 Å². The number of likely N-dealkylation sites (N-methyl/N-ethyl adjacent to an activating group) is 1. The molecule has 29 heavy (non-hydrogen) atoms. The molecule has 0 atom stereocenters. The van der Waals surface area contributed by atoms with Gasteiger partial charge in [0.05, 0.1) is 25.8 Å². The van der Waals surface area contributed by atoms with Gasteiger partial charge in [-0.2, -0.15) is 5.26 Å². The summed E-state index contributed by atoms with van der Waals surface area (Å²) >= 11 is 0. The summed E-state index contributed by atoms with van der Waals surface area (Å²) in [6, 6.07) is 9.97. The first-order valence-corrected chi connectivity index (χ1v) is 10.5. The van der Waals surface area contributed by atoms with Crippen LogP contribution in [-0.4, -0.2) is 56.1 Å². The predicted octanol–water partition coefficient (Wildman–Crippen LogP) is 2.78. The average molecular weight is 399 g/mol. The zero-order valence-corrected chi connectivity index (χ0v) is 17.2. The minimum absolute atomic E-state index is 0.0377. The quantitative estimate of drug-likeness (QED) is 0.796. The molecule has 1 N–H and O–H groups in total. The van der Waals surface area contributed by atoms with Crippen molar-refractivity contribution in [2.75, 3.05) is 49.6 Å². The number of ether oxygens (including phenoxy) is 1. The van der Waals surface area contributed by atoms with Crippen molar-refractivity contribution in [2.24, 2.45) is 5.41 Å². The minimum Gasteiger partial charge on any atom is -0.378 e. The summed E-state index contributed by atoms with van der Waals surface area (Å²) in [4.78, 5) is 29.3. The number of rotatable bonds is 6. The van der Waals surface area contributed by atoms with E-state index in [1.54, 1.807) is 0 Å². The summed E-state index contributed by atoms with van der Waals surface area (Å²) in [5.74, 6) is -0.455. The number of nitriles is 1. The van der Waals surface area contributed by atoms with E-state index in [0.717, 1.165) is 51.3 Å². The lowest BCUT2D eigenvalue weighted by Crippen LogP contribution is -2.47. The minimum atomic E-state index is -0.964. The van der Waals surface area contributed by atoms with Crippen molar-refractivity contribution < 1.29 is 14.3 Å². The maximum Gasteiger partial charge on any atom is 0.243 e. The Bertz CT molecular complexity index is 744. The van der Waals surface area contributed by atoms with E-state index in [-0.39, 0.29) is 18.4 Å². The van der Waals surface area contributed by atoms with Crippen LogP contribution in [0.3, 0.4) is 0 Å². The molecule has 1 aliphatic heterocycles. The van der Waals surface area contributed by atoms with Gasteiger partial charge in [0.15, 0.2) is 0 Å². The SMILES string of the molecule is CCN(CC(=O)Nc1ccc(N2CCOCC2)cc1)C(=O)C1(C#N)CCCCC1. The molecule has 0 radical (unpaired) electrons. The fraction of sp³-hybridized carbons (Fsp3) is 0.591. The van der Waals surface area contributed by atoms with Crippen LogP contribution in [0, 0.1) is 16.7 Å². The van der Waals surface area contributed by atoms with E-state index in [9.17, 15) is 14.9 Å². The first-order valence-electron chi connectivity index (χ1n) is 10.5. The van der Waals surface area contributed by atoms with Crippen LogP contribution >= 0.6 is 0 Å². The third kappa shape index (κ3) is 5.07. The van der Waals surface area contributed by atoms with Crippen molar-refractivity contribution in [1.82, 2.24) is 4.90 Å². The monoisotopic (exact) mass is 398 g/mol. The lowest BCUT2D eigenvalue weighted by Gasteiger charge is -2.34. The molecule has 156 valence electrons. The maximum absolute atomic E-state index is 13.0. The average Bonchev–Trinajstić information content (AvgIpc) is 2.78. The summed E-state index contributed by atoms with van der Waals surface area (Å²) in [7, 11) is 0. The largest absolute Gasteiger partial charge is 0.378 e. The third-order valence-electron chi connectivity index (χ3n) is 5.86. The first-order chi connectivity index (χ1) is 14.1. The van der Waals surface area contributed by atoms with Crippen LogP contribution in [0.4, 0.5) is 11.4 Å². The van der Waals surface area contributed by atoms with Crippen LogP contribution in [0.15, 0.2) is 24.3 Å². The molecule has 0 unspecified atom stereocenters. The van der Waals surface area contributed by atoms with E-state index >= 15 is 0 Å². The smallest absolute Gasteiger partial charge is 0.243 e. The van der Waals surface area contributed by atoms with Crippen LogP contribution < -0.4 is 10.2 Å². The number of hydrogen-bond acceptors (Lipinski definition) is 5. The van der Waals surface area contributed by atoms with Crippen molar-refractivity contribution >= 4 is 23.2 Å². The summed E-state index contributed by atoms with van der Waals surface area (Å²) in [6.07, 6.45) is 4.01. The number of nitrogens with one attached hydrogen (secondary N) is 1. The third-order valence-corrected chi connectivity index (χ3v) is 5.86. The Morgan fingerprint density at radius 2 is 1.83 bits per heavy atom. The number of hydrogen-bond donors (Lipinski definition) is 1. The van der Waals surface area contributed by atoms with Gasteiger partial charge < -0.3 is 19.9 Å². The van der Waals surface area contributed by atoms with Gasteiger partial charge in [0.25, 0.3) is 0 Å². The molecule has 1 heterocycles. The zero-order chi connectivity index (χ0) is 20.7. The van der Waals surface area contributed by atoms with Crippen LogP contribution in [0.25, 0.3) is 0 Å². The lowest BCUT2D eigenvalue weighted by molar-refractivity contribution is -0.142. The Kier molecular flexibility index (Phi) is 7.10. The fourth-order valence-electron chi connectivity index (χ4n) is 4.11. The fourth-order valence-corrected chi connectivity index (χ4v) is 4.11. The molecule has 7 heteroatoms. The van der Waals surface area contributed by atoms with Gasteiger partial charge in [-0.3, -0.25) is 9.59 Å². The van der Waals surface area contributed by atoms with E-state index in [1.165, 1.54) is 4.90 Å². The van der Waals surface area contributed by atoms with Crippen molar-refractivity contribution in [1.29, 1.82) is 5.26 Å². The van der Waals surface area contributed by atoms with Crippen molar-refractivity contribution in [2.45, 2.75) is 39.0 Å². The predicted molar refractivity (Wildman–Crippen MR) is 111 cm³/mol. The summed E-state index contributed by atoms with van der Waals surface area (Å²) in [6.45, 7) is 5.39. The first kappa shape index (κ1) is 21.1. The molecule has 7 nitrogen and oxygen atoms in total. The topological polar surface area (TPSA) is 85.7 Å². The maximum atomic E-state index is 13.0. The highest BCUT2D eigenvalue weighted by atomic mass is 16.5. The van der Waals surface area contributed by atoms with Crippen molar-refractivity contribution in [3.63, 3.8) is 0 Å². The van der Waals surface area contributed by atoms with E-state index < -0.39 is 5.41 Å². The highest BCUT2D eigenvalue weighted by Crippen LogP contribution is 2.37. The van der Waals surface area contributed by atoms with Gasteiger partial charge in [-0.05, 0) is 44.0 Å². The van der Waals surface area contributed by atoms with Crippen LogP contribution in [0.1, 0.15) is 39.0 Å². The number of carbonyl (C=O) groups excluding carboxylic acids is 2. The molecule has 1 aliphatic carbocycles. The standard InChI is InChI=1S/C22H30N4O3/c1-2-25(21(28)22(17-23)10-4-3-5-11-22)16-20(27)24-18-6-8-19(9-7-18)26-12-14-29-15-13-26/h6-9H,2-5,10-16H2,1H3,(H,24,27). The number of amides is 2. The number of benzene rings is 1. The Labute approximate surface area is 172 Å². The van der Waals surface area contributed by atoms with Gasteiger partial charge in [-0.15, -0.1) is 0 Å². The normalized spacial score (nSPS) is 18.6. The second-order valence-electron chi connectivity index (χ2n) is 7.77. The molecule has 0 spiro atoms. The number of morpholine rings is 1. The molecule has 2 fully saturated rings. The molecule has 0 bridgehead atoms. The molecular formula is C22H30N4O3. The van der Waals surface area contributed by atoms with Gasteiger partial charge in [0.1, 0.15) is 5.41 Å². The molecule has 3 rings (SSSR count). The van der Waals surface area contributed by atoms with Gasteiger partial charge >= 0.3 is 0 Å².